The molecular weight excluding hydrogens is 332 g/mol. The molecule has 0 unspecified atom stereocenters. The predicted molar refractivity (Wildman–Crippen MR) is 89.1 cm³/mol. The molecule has 0 radical (unpaired) electrons. The fourth-order valence-corrected chi connectivity index (χ4v) is 3.51. The van der Waals surface area contributed by atoms with Gasteiger partial charge in [-0.3, -0.25) is 4.79 Å². The second-order valence-electron chi connectivity index (χ2n) is 5.04. The third-order valence-electron chi connectivity index (χ3n) is 3.41. The number of hydrogen-bond acceptors (Lipinski definition) is 5. The SMILES string of the molecule is COc1ccc(S(=O)(=O)N(CC(=O)O)Cc2ccccc2N)cc1. The Hall–Kier alpha value is -2.58. The second-order valence-corrected chi connectivity index (χ2v) is 6.98. The number of carboxylic acid groups (broad SMARTS) is 1. The van der Waals surface area contributed by atoms with Crippen molar-refractivity contribution in [1.29, 1.82) is 0 Å². The standard InChI is InChI=1S/C16H18N2O5S/c1-23-13-6-8-14(9-7-13)24(21,22)18(11-16(19)20)10-12-4-2-3-5-15(12)17/h2-9H,10-11,17H2,1H3,(H,19,20). The normalized spacial score (nSPS) is 11.4. The van der Waals surface area contributed by atoms with Crippen molar-refractivity contribution in [1.82, 2.24) is 4.31 Å². The van der Waals surface area contributed by atoms with Crippen LogP contribution in [0.3, 0.4) is 0 Å². The van der Waals surface area contributed by atoms with Gasteiger partial charge in [-0.15, -0.1) is 0 Å². The molecule has 0 aromatic heterocycles. The van der Waals surface area contributed by atoms with Crippen LogP contribution < -0.4 is 10.5 Å². The second kappa shape index (κ2) is 7.33. The van der Waals surface area contributed by atoms with E-state index in [4.69, 9.17) is 15.6 Å². The minimum atomic E-state index is -3.99. The fraction of sp³-hybridized carbons (Fsp3) is 0.188. The number of nitrogen functional groups attached to an aromatic ring is 1. The van der Waals surface area contributed by atoms with Gasteiger partial charge in [0.15, 0.2) is 0 Å². The Morgan fingerprint density at radius 1 is 1.17 bits per heavy atom. The summed E-state index contributed by atoms with van der Waals surface area (Å²) >= 11 is 0. The molecule has 7 nitrogen and oxygen atoms in total. The lowest BCUT2D eigenvalue weighted by Gasteiger charge is -2.21. The smallest absolute Gasteiger partial charge is 0.318 e. The summed E-state index contributed by atoms with van der Waals surface area (Å²) in [6, 6.07) is 12.5. The number of para-hydroxylation sites is 1. The van der Waals surface area contributed by atoms with Crippen molar-refractivity contribution in [2.45, 2.75) is 11.4 Å². The minimum Gasteiger partial charge on any atom is -0.497 e. The van der Waals surface area contributed by atoms with E-state index in [1.54, 1.807) is 24.3 Å². The van der Waals surface area contributed by atoms with Crippen molar-refractivity contribution < 1.29 is 23.1 Å². The third-order valence-corrected chi connectivity index (χ3v) is 5.22. The third kappa shape index (κ3) is 4.03. The fourth-order valence-electron chi connectivity index (χ4n) is 2.14. The van der Waals surface area contributed by atoms with Crippen LogP contribution in [-0.2, 0) is 21.4 Å². The van der Waals surface area contributed by atoms with Gasteiger partial charge >= 0.3 is 5.97 Å². The summed E-state index contributed by atoms with van der Waals surface area (Å²) in [5.74, 6) is -0.743. The molecule has 0 aliphatic heterocycles. The molecule has 0 aliphatic rings. The number of benzene rings is 2. The van der Waals surface area contributed by atoms with Crippen molar-refractivity contribution in [3.05, 3.63) is 54.1 Å². The maximum absolute atomic E-state index is 12.8. The zero-order valence-corrected chi connectivity index (χ0v) is 13.9. The van der Waals surface area contributed by atoms with Gasteiger partial charge in [-0.25, -0.2) is 8.42 Å². The molecule has 0 saturated carbocycles. The highest BCUT2D eigenvalue weighted by Crippen LogP contribution is 2.22. The lowest BCUT2D eigenvalue weighted by molar-refractivity contribution is -0.137. The highest BCUT2D eigenvalue weighted by Gasteiger charge is 2.27. The monoisotopic (exact) mass is 350 g/mol. The Morgan fingerprint density at radius 3 is 2.33 bits per heavy atom. The zero-order valence-electron chi connectivity index (χ0n) is 13.0. The van der Waals surface area contributed by atoms with E-state index in [1.165, 1.54) is 31.4 Å². The van der Waals surface area contributed by atoms with Crippen molar-refractivity contribution in [2.75, 3.05) is 19.4 Å². The molecule has 0 atom stereocenters. The van der Waals surface area contributed by atoms with Gasteiger partial charge in [-0.1, -0.05) is 18.2 Å². The molecule has 0 bridgehead atoms. The first-order chi connectivity index (χ1) is 11.3. The summed E-state index contributed by atoms with van der Waals surface area (Å²) in [7, 11) is -2.52. The van der Waals surface area contributed by atoms with Gasteiger partial charge in [-0.2, -0.15) is 4.31 Å². The van der Waals surface area contributed by atoms with Gasteiger partial charge in [0.2, 0.25) is 10.0 Å². The highest BCUT2D eigenvalue weighted by atomic mass is 32.2. The molecule has 0 amide bonds. The molecule has 24 heavy (non-hydrogen) atoms. The maximum atomic E-state index is 12.8. The first-order valence-corrected chi connectivity index (χ1v) is 8.48. The topological polar surface area (TPSA) is 110 Å². The molecule has 0 aliphatic carbocycles. The van der Waals surface area contributed by atoms with Crippen LogP contribution >= 0.6 is 0 Å². The van der Waals surface area contributed by atoms with E-state index >= 15 is 0 Å². The van der Waals surface area contributed by atoms with Gasteiger partial charge in [-0.05, 0) is 35.9 Å². The van der Waals surface area contributed by atoms with Crippen LogP contribution in [0.5, 0.6) is 5.75 Å². The molecule has 2 aromatic rings. The number of aliphatic carboxylic acids is 1. The Bertz CT molecular complexity index is 819. The van der Waals surface area contributed by atoms with Gasteiger partial charge in [0.1, 0.15) is 12.3 Å². The van der Waals surface area contributed by atoms with E-state index in [0.29, 0.717) is 17.0 Å². The summed E-state index contributed by atoms with van der Waals surface area (Å²) in [5, 5.41) is 9.07. The van der Waals surface area contributed by atoms with Gasteiger partial charge in [0.25, 0.3) is 0 Å². The highest BCUT2D eigenvalue weighted by molar-refractivity contribution is 7.89. The number of carboxylic acids is 1. The van der Waals surface area contributed by atoms with Crippen LogP contribution in [0, 0.1) is 0 Å². The molecule has 0 spiro atoms. The van der Waals surface area contributed by atoms with Crippen molar-refractivity contribution in [3.63, 3.8) is 0 Å². The molecule has 8 heteroatoms. The first kappa shape index (κ1) is 17.8. The molecule has 0 heterocycles. The van der Waals surface area contributed by atoms with Crippen LogP contribution in [0.1, 0.15) is 5.56 Å². The van der Waals surface area contributed by atoms with Crippen molar-refractivity contribution >= 4 is 21.7 Å². The van der Waals surface area contributed by atoms with Crippen LogP contribution in [0.4, 0.5) is 5.69 Å². The van der Waals surface area contributed by atoms with Crippen molar-refractivity contribution in [3.8, 4) is 5.75 Å². The van der Waals surface area contributed by atoms with E-state index in [9.17, 15) is 13.2 Å². The summed E-state index contributed by atoms with van der Waals surface area (Å²) in [4.78, 5) is 11.1. The summed E-state index contributed by atoms with van der Waals surface area (Å²) in [6.07, 6.45) is 0. The lowest BCUT2D eigenvalue weighted by atomic mass is 10.2. The number of rotatable bonds is 7. The van der Waals surface area contributed by atoms with E-state index < -0.39 is 22.5 Å². The molecule has 0 saturated heterocycles. The van der Waals surface area contributed by atoms with E-state index in [-0.39, 0.29) is 11.4 Å². The molecule has 2 aromatic carbocycles. The number of ether oxygens (including phenoxy) is 1. The van der Waals surface area contributed by atoms with Gasteiger partial charge in [0.05, 0.1) is 12.0 Å². The molecular formula is C16H18N2O5S. The Kier molecular flexibility index (Phi) is 5.42. The lowest BCUT2D eigenvalue weighted by Crippen LogP contribution is -2.35. The minimum absolute atomic E-state index is 0.0148. The maximum Gasteiger partial charge on any atom is 0.318 e. The van der Waals surface area contributed by atoms with Crippen LogP contribution in [0.15, 0.2) is 53.4 Å². The largest absolute Gasteiger partial charge is 0.497 e. The number of sulfonamides is 1. The number of carbonyl (C=O) groups is 1. The number of nitrogens with two attached hydrogens (primary N) is 1. The Labute approximate surface area is 140 Å². The van der Waals surface area contributed by atoms with E-state index in [2.05, 4.69) is 0 Å². The summed E-state index contributed by atoms with van der Waals surface area (Å²) in [6.45, 7) is -0.796. The Morgan fingerprint density at radius 2 is 1.79 bits per heavy atom. The van der Waals surface area contributed by atoms with Crippen LogP contribution in [0.2, 0.25) is 0 Å². The average molecular weight is 350 g/mol. The van der Waals surface area contributed by atoms with Gasteiger partial charge < -0.3 is 15.6 Å². The summed E-state index contributed by atoms with van der Waals surface area (Å²) < 4.78 is 31.4. The van der Waals surface area contributed by atoms with E-state index in [0.717, 1.165) is 4.31 Å². The van der Waals surface area contributed by atoms with Crippen molar-refractivity contribution in [2.24, 2.45) is 0 Å². The predicted octanol–water partition coefficient (Wildman–Crippen LogP) is 1.55. The number of nitrogens with zero attached hydrogens (tertiary/aromatic N) is 1. The number of hydrogen-bond donors (Lipinski definition) is 2. The van der Waals surface area contributed by atoms with Gasteiger partial charge in [0, 0.05) is 12.2 Å². The summed E-state index contributed by atoms with van der Waals surface area (Å²) in [5.41, 5.74) is 6.77. The zero-order chi connectivity index (χ0) is 17.7. The van der Waals surface area contributed by atoms with Crippen LogP contribution in [-0.4, -0.2) is 37.5 Å². The first-order valence-electron chi connectivity index (χ1n) is 7.04. The number of anilines is 1. The number of methoxy groups -OCH3 is 1. The Balaban J connectivity index is 2.38. The molecule has 2 rings (SSSR count). The quantitative estimate of drug-likeness (QED) is 0.733. The molecule has 0 fully saturated rings. The molecule has 3 N–H and O–H groups in total. The van der Waals surface area contributed by atoms with Crippen LogP contribution in [0.25, 0.3) is 0 Å². The molecule has 128 valence electrons. The average Bonchev–Trinajstić information content (AvgIpc) is 2.56. The van der Waals surface area contributed by atoms with E-state index in [1.807, 2.05) is 0 Å².